The Kier molecular flexibility index (Phi) is 4.37. The number of pyridine rings is 1. The average Bonchev–Trinajstić information content (AvgIpc) is 2.60. The largest absolute Gasteiger partial charge is 0.363 e. The predicted octanol–water partition coefficient (Wildman–Crippen LogP) is 1.61. The summed E-state index contributed by atoms with van der Waals surface area (Å²) < 4.78 is 25.3. The summed E-state index contributed by atoms with van der Waals surface area (Å²) in [5.74, 6) is 0.0643. The number of nitrogens with zero attached hydrogens (tertiary/aromatic N) is 4. The number of hydrogen-bond acceptors (Lipinski definition) is 6. The van der Waals surface area contributed by atoms with E-state index < -0.39 is 14.9 Å². The molecule has 0 amide bonds. The fourth-order valence-corrected chi connectivity index (χ4v) is 4.05. The number of hydrogen-bond donors (Lipinski definition) is 0. The Morgan fingerprint density at radius 1 is 1.21 bits per heavy atom. The molecule has 1 aromatic heterocycles. The van der Waals surface area contributed by atoms with Gasteiger partial charge in [-0.25, -0.2) is 8.42 Å². The molecule has 1 aromatic carbocycles. The lowest BCUT2D eigenvalue weighted by Gasteiger charge is -2.35. The number of aromatic nitrogens is 1. The summed E-state index contributed by atoms with van der Waals surface area (Å²) >= 11 is 0. The van der Waals surface area contributed by atoms with Gasteiger partial charge in [0.1, 0.15) is 5.69 Å². The molecule has 0 atom stereocenters. The molecule has 2 aromatic rings. The third-order valence-electron chi connectivity index (χ3n) is 4.26. The number of sulfonamides is 1. The van der Waals surface area contributed by atoms with E-state index in [0.29, 0.717) is 42.8 Å². The lowest BCUT2D eigenvalue weighted by atomic mass is 10.1. The van der Waals surface area contributed by atoms with E-state index in [1.54, 1.807) is 37.4 Å². The second kappa shape index (κ2) is 6.33. The number of rotatable bonds is 4. The standard InChI is InChI=1S/C15H18N4O4S/c1-2-24(22,23)18-10-8-17(9-11-18)14-6-5-13-12(4-3-7-16-13)15(14)19(20)21/h3-7H,2,8-11H2,1H3. The molecule has 8 nitrogen and oxygen atoms in total. The summed E-state index contributed by atoms with van der Waals surface area (Å²) in [6.45, 7) is 3.12. The molecular formula is C15H18N4O4S. The molecule has 24 heavy (non-hydrogen) atoms. The van der Waals surface area contributed by atoms with Crippen LogP contribution in [0.5, 0.6) is 0 Å². The van der Waals surface area contributed by atoms with Crippen LogP contribution in [0.2, 0.25) is 0 Å². The van der Waals surface area contributed by atoms with Crippen molar-refractivity contribution in [3.63, 3.8) is 0 Å². The van der Waals surface area contributed by atoms with Gasteiger partial charge in [0, 0.05) is 32.4 Å². The highest BCUT2D eigenvalue weighted by Crippen LogP contribution is 2.35. The highest BCUT2D eigenvalue weighted by Gasteiger charge is 2.29. The molecule has 3 rings (SSSR count). The van der Waals surface area contributed by atoms with Crippen LogP contribution < -0.4 is 4.90 Å². The van der Waals surface area contributed by atoms with E-state index in [4.69, 9.17) is 0 Å². The van der Waals surface area contributed by atoms with E-state index in [9.17, 15) is 18.5 Å². The number of nitro benzene ring substituents is 1. The Labute approximate surface area is 139 Å². The zero-order valence-electron chi connectivity index (χ0n) is 13.3. The monoisotopic (exact) mass is 350 g/mol. The van der Waals surface area contributed by atoms with E-state index in [2.05, 4.69) is 4.98 Å². The van der Waals surface area contributed by atoms with Gasteiger partial charge in [0.05, 0.1) is 21.6 Å². The minimum atomic E-state index is -3.23. The van der Waals surface area contributed by atoms with Crippen molar-refractivity contribution in [1.82, 2.24) is 9.29 Å². The zero-order valence-corrected chi connectivity index (χ0v) is 14.1. The summed E-state index contributed by atoms with van der Waals surface area (Å²) in [5.41, 5.74) is 1.10. The zero-order chi connectivity index (χ0) is 17.3. The molecule has 0 N–H and O–H groups in total. The van der Waals surface area contributed by atoms with Crippen LogP contribution in [0, 0.1) is 10.1 Å². The first kappa shape index (κ1) is 16.6. The van der Waals surface area contributed by atoms with Crippen molar-refractivity contribution in [2.24, 2.45) is 0 Å². The summed E-state index contributed by atoms with van der Waals surface area (Å²) in [6.07, 6.45) is 1.60. The van der Waals surface area contributed by atoms with Crippen LogP contribution in [0.1, 0.15) is 6.92 Å². The molecule has 128 valence electrons. The van der Waals surface area contributed by atoms with Gasteiger partial charge in [-0.2, -0.15) is 4.31 Å². The molecule has 0 bridgehead atoms. The van der Waals surface area contributed by atoms with Gasteiger partial charge in [0.15, 0.2) is 0 Å². The van der Waals surface area contributed by atoms with E-state index in [0.717, 1.165) is 0 Å². The van der Waals surface area contributed by atoms with Crippen molar-refractivity contribution in [3.05, 3.63) is 40.6 Å². The summed E-state index contributed by atoms with van der Waals surface area (Å²) in [4.78, 5) is 17.2. The van der Waals surface area contributed by atoms with Crippen LogP contribution >= 0.6 is 0 Å². The quantitative estimate of drug-likeness (QED) is 0.614. The molecule has 9 heteroatoms. The fraction of sp³-hybridized carbons (Fsp3) is 0.400. The lowest BCUT2D eigenvalue weighted by molar-refractivity contribution is -0.382. The second-order valence-corrected chi connectivity index (χ2v) is 7.80. The molecule has 0 aliphatic carbocycles. The van der Waals surface area contributed by atoms with Crippen LogP contribution in [0.15, 0.2) is 30.5 Å². The van der Waals surface area contributed by atoms with Crippen molar-refractivity contribution >= 4 is 32.3 Å². The second-order valence-electron chi connectivity index (χ2n) is 5.55. The van der Waals surface area contributed by atoms with E-state index >= 15 is 0 Å². The molecule has 2 heterocycles. The van der Waals surface area contributed by atoms with Gasteiger partial charge in [-0.3, -0.25) is 15.1 Å². The summed E-state index contributed by atoms with van der Waals surface area (Å²) in [5, 5.41) is 12.1. The van der Waals surface area contributed by atoms with Crippen molar-refractivity contribution in [1.29, 1.82) is 0 Å². The first-order chi connectivity index (χ1) is 11.4. The Balaban J connectivity index is 1.94. The van der Waals surface area contributed by atoms with Gasteiger partial charge >= 0.3 is 5.69 Å². The number of fused-ring (bicyclic) bond motifs is 1. The first-order valence-corrected chi connectivity index (χ1v) is 9.30. The summed E-state index contributed by atoms with van der Waals surface area (Å²) in [7, 11) is -3.23. The maximum absolute atomic E-state index is 11.9. The number of nitro groups is 1. The van der Waals surface area contributed by atoms with Gasteiger partial charge in [0.25, 0.3) is 0 Å². The molecule has 0 saturated carbocycles. The summed E-state index contributed by atoms with van der Waals surface area (Å²) in [6, 6.07) is 6.80. The minimum Gasteiger partial charge on any atom is -0.363 e. The SMILES string of the molecule is CCS(=O)(=O)N1CCN(c2ccc3ncccc3c2[N+](=O)[O-])CC1. The molecule has 1 fully saturated rings. The van der Waals surface area contributed by atoms with E-state index in [-0.39, 0.29) is 11.4 Å². The molecule has 0 radical (unpaired) electrons. The van der Waals surface area contributed by atoms with Crippen molar-refractivity contribution < 1.29 is 13.3 Å². The Morgan fingerprint density at radius 3 is 2.54 bits per heavy atom. The molecule has 1 aliphatic heterocycles. The normalized spacial score (nSPS) is 16.5. The fourth-order valence-electron chi connectivity index (χ4n) is 2.96. The van der Waals surface area contributed by atoms with Crippen LogP contribution in [0.3, 0.4) is 0 Å². The maximum Gasteiger partial charge on any atom is 0.301 e. The third kappa shape index (κ3) is 2.92. The Morgan fingerprint density at radius 2 is 1.92 bits per heavy atom. The lowest BCUT2D eigenvalue weighted by Crippen LogP contribution is -2.49. The first-order valence-electron chi connectivity index (χ1n) is 7.69. The van der Waals surface area contributed by atoms with Gasteiger partial charge < -0.3 is 4.90 Å². The van der Waals surface area contributed by atoms with Crippen LogP contribution in [0.4, 0.5) is 11.4 Å². The number of benzene rings is 1. The van der Waals surface area contributed by atoms with Gasteiger partial charge in [-0.15, -0.1) is 0 Å². The van der Waals surface area contributed by atoms with Crippen LogP contribution in [0.25, 0.3) is 10.9 Å². The number of piperazine rings is 1. The Bertz CT molecular complexity index is 876. The highest BCUT2D eigenvalue weighted by atomic mass is 32.2. The van der Waals surface area contributed by atoms with Crippen molar-refractivity contribution in [3.8, 4) is 0 Å². The molecule has 0 unspecified atom stereocenters. The predicted molar refractivity (Wildman–Crippen MR) is 91.6 cm³/mol. The average molecular weight is 350 g/mol. The third-order valence-corrected chi connectivity index (χ3v) is 6.14. The van der Waals surface area contributed by atoms with Crippen molar-refractivity contribution in [2.75, 3.05) is 36.8 Å². The topological polar surface area (TPSA) is 96.7 Å². The number of anilines is 1. The van der Waals surface area contributed by atoms with E-state index in [1.165, 1.54) is 4.31 Å². The molecule has 1 aliphatic rings. The van der Waals surface area contributed by atoms with Crippen LogP contribution in [-0.4, -0.2) is 54.6 Å². The molecular weight excluding hydrogens is 332 g/mol. The van der Waals surface area contributed by atoms with Crippen molar-refractivity contribution in [2.45, 2.75) is 6.92 Å². The molecule has 0 spiro atoms. The van der Waals surface area contributed by atoms with E-state index in [1.807, 2.05) is 4.90 Å². The van der Waals surface area contributed by atoms with Gasteiger partial charge in [0.2, 0.25) is 10.0 Å². The van der Waals surface area contributed by atoms with Gasteiger partial charge in [-0.1, -0.05) is 0 Å². The molecule has 1 saturated heterocycles. The Hall–Kier alpha value is -2.26. The smallest absolute Gasteiger partial charge is 0.301 e. The minimum absolute atomic E-state index is 0.0207. The highest BCUT2D eigenvalue weighted by molar-refractivity contribution is 7.89. The van der Waals surface area contributed by atoms with Gasteiger partial charge in [-0.05, 0) is 31.2 Å². The maximum atomic E-state index is 11.9. The van der Waals surface area contributed by atoms with Crippen LogP contribution in [-0.2, 0) is 10.0 Å².